The first-order valence-corrected chi connectivity index (χ1v) is 11.5. The molecular weight excluding hydrogens is 510 g/mol. The fraction of sp³-hybridized carbons (Fsp3) is 0.350. The highest BCUT2D eigenvalue weighted by molar-refractivity contribution is 9.11. The van der Waals surface area contributed by atoms with Gasteiger partial charge in [0.05, 0.1) is 52.2 Å². The van der Waals surface area contributed by atoms with Crippen molar-refractivity contribution in [3.05, 3.63) is 44.0 Å². The molecule has 0 unspecified atom stereocenters. The number of hydrogen-bond donors (Lipinski definition) is 2. The second-order valence-electron chi connectivity index (χ2n) is 7.16. The molecule has 4 rings (SSSR count). The number of ether oxygens (including phenoxy) is 2. The van der Waals surface area contributed by atoms with Gasteiger partial charge >= 0.3 is 0 Å². The highest BCUT2D eigenvalue weighted by Crippen LogP contribution is 2.31. The highest BCUT2D eigenvalue weighted by Gasteiger charge is 2.47. The van der Waals surface area contributed by atoms with E-state index >= 15 is 0 Å². The lowest BCUT2D eigenvalue weighted by atomic mass is 9.95. The van der Waals surface area contributed by atoms with Crippen molar-refractivity contribution in [1.82, 2.24) is 5.32 Å². The molecule has 0 radical (unpaired) electrons. The standard InChI is InChI=1S/C20H19BrClN3O5S/c21-16-4-3-15(31-16)18(27)24-20(10-30-11-20)19(28)23-12-1-2-14(13(22)9-12)25-6-8-29-7-5-17(25)26/h1-4,9H,5-8,10-11H2,(H,23,28)(H,24,27). The Morgan fingerprint density at radius 3 is 2.61 bits per heavy atom. The van der Waals surface area contributed by atoms with Crippen LogP contribution in [0.5, 0.6) is 0 Å². The van der Waals surface area contributed by atoms with Crippen molar-refractivity contribution in [3.8, 4) is 0 Å². The Morgan fingerprint density at radius 1 is 1.16 bits per heavy atom. The molecule has 11 heteroatoms. The van der Waals surface area contributed by atoms with Gasteiger partial charge in [-0.15, -0.1) is 11.3 Å². The zero-order valence-corrected chi connectivity index (χ0v) is 19.4. The minimum atomic E-state index is -1.16. The summed E-state index contributed by atoms with van der Waals surface area (Å²) in [5, 5.41) is 5.91. The number of anilines is 2. The van der Waals surface area contributed by atoms with E-state index in [-0.39, 0.29) is 31.4 Å². The van der Waals surface area contributed by atoms with Gasteiger partial charge in [-0.05, 0) is 46.3 Å². The molecule has 164 valence electrons. The smallest absolute Gasteiger partial charge is 0.262 e. The summed E-state index contributed by atoms with van der Waals surface area (Å²) in [6, 6.07) is 8.40. The Morgan fingerprint density at radius 2 is 1.97 bits per heavy atom. The van der Waals surface area contributed by atoms with Gasteiger partial charge in [0.15, 0.2) is 5.54 Å². The fourth-order valence-electron chi connectivity index (χ4n) is 3.27. The highest BCUT2D eigenvalue weighted by atomic mass is 79.9. The molecule has 2 saturated heterocycles. The molecule has 0 saturated carbocycles. The normalized spacial score (nSPS) is 18.1. The molecule has 0 bridgehead atoms. The summed E-state index contributed by atoms with van der Waals surface area (Å²) >= 11 is 11.0. The SMILES string of the molecule is O=C(NC1(C(=O)Nc2ccc(N3CCOCCC3=O)c(Cl)c2)COC1)c1ccc(Br)s1. The minimum Gasteiger partial charge on any atom is -0.379 e. The molecule has 3 heterocycles. The van der Waals surface area contributed by atoms with Gasteiger partial charge in [0.25, 0.3) is 11.8 Å². The Bertz CT molecular complexity index is 1030. The lowest BCUT2D eigenvalue weighted by Crippen LogP contribution is -2.68. The van der Waals surface area contributed by atoms with E-state index in [1.54, 1.807) is 35.2 Å². The number of hydrogen-bond acceptors (Lipinski definition) is 6. The number of carbonyl (C=O) groups is 3. The first kappa shape index (κ1) is 22.2. The van der Waals surface area contributed by atoms with Crippen molar-refractivity contribution in [2.45, 2.75) is 12.0 Å². The third-order valence-electron chi connectivity index (χ3n) is 5.00. The molecule has 2 aromatic rings. The molecule has 3 amide bonds. The summed E-state index contributed by atoms with van der Waals surface area (Å²) in [5.41, 5.74) is -0.137. The van der Waals surface area contributed by atoms with Gasteiger partial charge in [-0.1, -0.05) is 11.6 Å². The van der Waals surface area contributed by atoms with E-state index in [0.29, 0.717) is 41.0 Å². The Hall–Kier alpha value is -1.98. The molecule has 2 aliphatic heterocycles. The molecule has 2 fully saturated rings. The van der Waals surface area contributed by atoms with Crippen molar-refractivity contribution in [2.24, 2.45) is 0 Å². The molecule has 1 aromatic carbocycles. The Balaban J connectivity index is 1.46. The van der Waals surface area contributed by atoms with E-state index < -0.39 is 11.4 Å². The number of nitrogens with zero attached hydrogens (tertiary/aromatic N) is 1. The van der Waals surface area contributed by atoms with Gasteiger partial charge in [-0.25, -0.2) is 0 Å². The van der Waals surface area contributed by atoms with E-state index in [4.69, 9.17) is 21.1 Å². The van der Waals surface area contributed by atoms with Gasteiger partial charge < -0.3 is 25.0 Å². The van der Waals surface area contributed by atoms with Crippen LogP contribution in [0.1, 0.15) is 16.1 Å². The molecule has 2 aliphatic rings. The molecule has 8 nitrogen and oxygen atoms in total. The third-order valence-corrected chi connectivity index (χ3v) is 6.92. The maximum absolute atomic E-state index is 12.9. The van der Waals surface area contributed by atoms with Crippen LogP contribution < -0.4 is 15.5 Å². The zero-order valence-electron chi connectivity index (χ0n) is 16.3. The predicted molar refractivity (Wildman–Crippen MR) is 121 cm³/mol. The topological polar surface area (TPSA) is 97.0 Å². The van der Waals surface area contributed by atoms with Gasteiger partial charge in [0.2, 0.25) is 5.91 Å². The number of thiophene rings is 1. The molecule has 0 aliphatic carbocycles. The van der Waals surface area contributed by atoms with Gasteiger partial charge in [-0.2, -0.15) is 0 Å². The summed E-state index contributed by atoms with van der Waals surface area (Å²) < 4.78 is 11.4. The van der Waals surface area contributed by atoms with Crippen LogP contribution in [0.2, 0.25) is 5.02 Å². The van der Waals surface area contributed by atoms with Crippen LogP contribution in [0, 0.1) is 0 Å². The summed E-state index contributed by atoms with van der Waals surface area (Å²) in [7, 11) is 0. The largest absolute Gasteiger partial charge is 0.379 e. The van der Waals surface area contributed by atoms with Crippen molar-refractivity contribution in [2.75, 3.05) is 43.2 Å². The van der Waals surface area contributed by atoms with Crippen molar-refractivity contribution >= 4 is 68.0 Å². The zero-order chi connectivity index (χ0) is 22.0. The number of rotatable bonds is 5. The van der Waals surface area contributed by atoms with Crippen LogP contribution in [-0.2, 0) is 19.1 Å². The van der Waals surface area contributed by atoms with Gasteiger partial charge in [0.1, 0.15) is 0 Å². The quantitative estimate of drug-likeness (QED) is 0.622. The van der Waals surface area contributed by atoms with Crippen molar-refractivity contribution in [1.29, 1.82) is 0 Å². The molecule has 0 spiro atoms. The lowest BCUT2D eigenvalue weighted by Gasteiger charge is -2.40. The summed E-state index contributed by atoms with van der Waals surface area (Å²) in [6.45, 7) is 1.38. The summed E-state index contributed by atoms with van der Waals surface area (Å²) in [6.07, 6.45) is 0.290. The van der Waals surface area contributed by atoms with E-state index in [9.17, 15) is 14.4 Å². The summed E-state index contributed by atoms with van der Waals surface area (Å²) in [5.74, 6) is -0.806. The number of halogens is 2. The van der Waals surface area contributed by atoms with E-state index in [2.05, 4.69) is 26.6 Å². The van der Waals surface area contributed by atoms with Gasteiger partial charge in [0, 0.05) is 12.2 Å². The van der Waals surface area contributed by atoms with Crippen LogP contribution in [0.15, 0.2) is 34.1 Å². The van der Waals surface area contributed by atoms with Crippen molar-refractivity contribution < 1.29 is 23.9 Å². The van der Waals surface area contributed by atoms with E-state index in [0.717, 1.165) is 3.79 Å². The first-order chi connectivity index (χ1) is 14.9. The van der Waals surface area contributed by atoms with E-state index in [1.807, 2.05) is 0 Å². The average Bonchev–Trinajstić information content (AvgIpc) is 3.03. The number of carbonyl (C=O) groups excluding carboxylic acids is 3. The number of nitrogens with one attached hydrogen (secondary N) is 2. The molecule has 0 atom stereocenters. The second kappa shape index (κ2) is 9.25. The molecule has 31 heavy (non-hydrogen) atoms. The molecular formula is C20H19BrClN3O5S. The second-order valence-corrected chi connectivity index (χ2v) is 10.0. The molecule has 1 aromatic heterocycles. The lowest BCUT2D eigenvalue weighted by molar-refractivity contribution is -0.141. The van der Waals surface area contributed by atoms with E-state index in [1.165, 1.54) is 11.3 Å². The predicted octanol–water partition coefficient (Wildman–Crippen LogP) is 3.05. The van der Waals surface area contributed by atoms with Crippen LogP contribution in [0.25, 0.3) is 0 Å². The summed E-state index contributed by atoms with van der Waals surface area (Å²) in [4.78, 5) is 39.8. The maximum Gasteiger partial charge on any atom is 0.262 e. The monoisotopic (exact) mass is 527 g/mol. The Labute approximate surface area is 196 Å². The first-order valence-electron chi connectivity index (χ1n) is 9.53. The van der Waals surface area contributed by atoms with Crippen LogP contribution in [0.3, 0.4) is 0 Å². The fourth-order valence-corrected chi connectivity index (χ4v) is 4.83. The van der Waals surface area contributed by atoms with Crippen LogP contribution >= 0.6 is 38.9 Å². The van der Waals surface area contributed by atoms with Crippen molar-refractivity contribution in [3.63, 3.8) is 0 Å². The maximum atomic E-state index is 12.9. The minimum absolute atomic E-state index is 0.0651. The third kappa shape index (κ3) is 4.78. The van der Waals surface area contributed by atoms with Crippen LogP contribution in [0.4, 0.5) is 11.4 Å². The van der Waals surface area contributed by atoms with Gasteiger partial charge in [-0.3, -0.25) is 14.4 Å². The molecule has 2 N–H and O–H groups in total. The number of benzene rings is 1. The Kier molecular flexibility index (Phi) is 6.63. The average molecular weight is 529 g/mol. The van der Waals surface area contributed by atoms with Crippen LogP contribution in [-0.4, -0.2) is 56.2 Å². The number of amides is 3.